The first-order chi connectivity index (χ1) is 6.74. The lowest BCUT2D eigenvalue weighted by atomic mass is 10.1. The first-order valence-corrected chi connectivity index (χ1v) is 5.93. The van der Waals surface area contributed by atoms with Crippen LogP contribution < -0.4 is 5.69 Å². The maximum absolute atomic E-state index is 11.2. The summed E-state index contributed by atoms with van der Waals surface area (Å²) in [7, 11) is 0. The number of aromatic nitrogens is 2. The van der Waals surface area contributed by atoms with Crippen LogP contribution in [0.4, 0.5) is 0 Å². The molecule has 0 saturated heterocycles. The number of hydrogen-bond donors (Lipinski definition) is 0. The molecule has 4 heteroatoms. The molecule has 1 aromatic heterocycles. The van der Waals surface area contributed by atoms with E-state index in [-0.39, 0.29) is 5.69 Å². The highest BCUT2D eigenvalue weighted by Gasteiger charge is 2.02. The van der Waals surface area contributed by atoms with Gasteiger partial charge in [0.2, 0.25) is 0 Å². The Balaban J connectivity index is 2.46. The van der Waals surface area contributed by atoms with Crippen molar-refractivity contribution in [3.05, 3.63) is 28.9 Å². The Kier molecular flexibility index (Phi) is 4.87. The van der Waals surface area contributed by atoms with Crippen molar-refractivity contribution >= 4 is 15.9 Å². The zero-order chi connectivity index (χ0) is 10.4. The first-order valence-electron chi connectivity index (χ1n) is 4.81. The van der Waals surface area contributed by atoms with Crippen molar-refractivity contribution in [2.75, 3.05) is 5.33 Å². The van der Waals surface area contributed by atoms with Crippen molar-refractivity contribution < 1.29 is 0 Å². The average molecular weight is 259 g/mol. The summed E-state index contributed by atoms with van der Waals surface area (Å²) in [6.45, 7) is 2.96. The molecule has 0 amide bonds. The SMILES string of the molecule is CC(CCBr)CCn1cccnc1=O. The lowest BCUT2D eigenvalue weighted by molar-refractivity contribution is 0.463. The van der Waals surface area contributed by atoms with Crippen LogP contribution in [-0.2, 0) is 6.54 Å². The molecule has 1 unspecified atom stereocenters. The maximum Gasteiger partial charge on any atom is 0.347 e. The van der Waals surface area contributed by atoms with Crippen LogP contribution in [0.1, 0.15) is 19.8 Å². The van der Waals surface area contributed by atoms with E-state index in [4.69, 9.17) is 0 Å². The smallest absolute Gasteiger partial charge is 0.299 e. The molecule has 1 atom stereocenters. The van der Waals surface area contributed by atoms with Crippen molar-refractivity contribution in [3.63, 3.8) is 0 Å². The Morgan fingerprint density at radius 1 is 1.57 bits per heavy atom. The molecule has 0 N–H and O–H groups in total. The summed E-state index contributed by atoms with van der Waals surface area (Å²) in [6.07, 6.45) is 5.49. The average Bonchev–Trinajstić information content (AvgIpc) is 2.17. The van der Waals surface area contributed by atoms with Crippen LogP contribution in [0.2, 0.25) is 0 Å². The van der Waals surface area contributed by atoms with Crippen LogP contribution in [0.3, 0.4) is 0 Å². The van der Waals surface area contributed by atoms with Crippen molar-refractivity contribution in [1.82, 2.24) is 9.55 Å². The molecule has 0 aliphatic rings. The molecular formula is C10H15BrN2O. The second kappa shape index (κ2) is 5.96. The second-order valence-electron chi connectivity index (χ2n) is 3.47. The lowest BCUT2D eigenvalue weighted by Crippen LogP contribution is -2.22. The Hall–Kier alpha value is -0.640. The number of rotatable bonds is 5. The van der Waals surface area contributed by atoms with Gasteiger partial charge in [-0.15, -0.1) is 0 Å². The highest BCUT2D eigenvalue weighted by atomic mass is 79.9. The van der Waals surface area contributed by atoms with E-state index >= 15 is 0 Å². The van der Waals surface area contributed by atoms with Crippen molar-refractivity contribution in [3.8, 4) is 0 Å². The summed E-state index contributed by atoms with van der Waals surface area (Å²) in [5.74, 6) is 0.640. The van der Waals surface area contributed by atoms with Crippen LogP contribution in [-0.4, -0.2) is 14.9 Å². The fourth-order valence-electron chi connectivity index (χ4n) is 1.25. The van der Waals surface area contributed by atoms with Crippen LogP contribution in [0.15, 0.2) is 23.3 Å². The van der Waals surface area contributed by atoms with E-state index in [1.165, 1.54) is 6.20 Å². The molecule has 3 nitrogen and oxygen atoms in total. The molecule has 1 rings (SSSR count). The molecule has 1 aromatic rings. The minimum Gasteiger partial charge on any atom is -0.299 e. The second-order valence-corrected chi connectivity index (χ2v) is 4.26. The van der Waals surface area contributed by atoms with Crippen LogP contribution in [0.5, 0.6) is 0 Å². The fourth-order valence-corrected chi connectivity index (χ4v) is 2.03. The summed E-state index contributed by atoms with van der Waals surface area (Å²) in [6, 6.07) is 1.79. The van der Waals surface area contributed by atoms with Gasteiger partial charge in [-0.2, -0.15) is 0 Å². The first kappa shape index (κ1) is 11.4. The van der Waals surface area contributed by atoms with E-state index in [0.717, 1.165) is 24.7 Å². The van der Waals surface area contributed by atoms with E-state index in [2.05, 4.69) is 27.8 Å². The predicted octanol–water partition coefficient (Wildman–Crippen LogP) is 2.05. The van der Waals surface area contributed by atoms with Gasteiger partial charge in [0.15, 0.2) is 0 Å². The molecule has 14 heavy (non-hydrogen) atoms. The van der Waals surface area contributed by atoms with E-state index < -0.39 is 0 Å². The largest absolute Gasteiger partial charge is 0.347 e. The van der Waals surface area contributed by atoms with Crippen LogP contribution in [0, 0.1) is 5.92 Å². The zero-order valence-corrected chi connectivity index (χ0v) is 9.90. The number of aryl methyl sites for hydroxylation is 1. The molecule has 0 saturated carbocycles. The third-order valence-electron chi connectivity index (χ3n) is 2.25. The summed E-state index contributed by atoms with van der Waals surface area (Å²) < 4.78 is 1.66. The lowest BCUT2D eigenvalue weighted by Gasteiger charge is -2.09. The van der Waals surface area contributed by atoms with E-state index in [0.29, 0.717) is 5.92 Å². The predicted molar refractivity (Wildman–Crippen MR) is 60.7 cm³/mol. The summed E-state index contributed by atoms with van der Waals surface area (Å²) >= 11 is 3.41. The Morgan fingerprint density at radius 2 is 2.36 bits per heavy atom. The van der Waals surface area contributed by atoms with E-state index in [1.807, 2.05) is 0 Å². The molecule has 0 radical (unpaired) electrons. The minimum absolute atomic E-state index is 0.154. The quantitative estimate of drug-likeness (QED) is 0.758. The van der Waals surface area contributed by atoms with Crippen molar-refractivity contribution in [1.29, 1.82) is 0 Å². The van der Waals surface area contributed by atoms with Gasteiger partial charge in [0.05, 0.1) is 0 Å². The number of nitrogens with zero attached hydrogens (tertiary/aromatic N) is 2. The highest BCUT2D eigenvalue weighted by Crippen LogP contribution is 2.09. The third-order valence-corrected chi connectivity index (χ3v) is 2.71. The molecule has 1 heterocycles. The molecule has 78 valence electrons. The topological polar surface area (TPSA) is 34.9 Å². The standard InChI is InChI=1S/C10H15BrN2O/c1-9(3-5-11)4-8-13-7-2-6-12-10(13)14/h2,6-7,9H,3-5,8H2,1H3. The number of hydrogen-bond acceptors (Lipinski definition) is 2. The van der Waals surface area contributed by atoms with Gasteiger partial charge in [0, 0.05) is 24.3 Å². The molecule has 0 bridgehead atoms. The Labute approximate surface area is 92.3 Å². The fraction of sp³-hybridized carbons (Fsp3) is 0.600. The van der Waals surface area contributed by atoms with Gasteiger partial charge in [-0.1, -0.05) is 22.9 Å². The molecule has 0 aliphatic carbocycles. The van der Waals surface area contributed by atoms with E-state index in [9.17, 15) is 4.79 Å². The summed E-state index contributed by atoms with van der Waals surface area (Å²) in [5.41, 5.74) is -0.154. The van der Waals surface area contributed by atoms with Gasteiger partial charge in [0.1, 0.15) is 0 Å². The van der Waals surface area contributed by atoms with Gasteiger partial charge in [-0.3, -0.25) is 4.57 Å². The van der Waals surface area contributed by atoms with Crippen LogP contribution in [0.25, 0.3) is 0 Å². The molecular weight excluding hydrogens is 244 g/mol. The Morgan fingerprint density at radius 3 is 3.00 bits per heavy atom. The van der Waals surface area contributed by atoms with E-state index in [1.54, 1.807) is 16.8 Å². The molecule has 0 spiro atoms. The van der Waals surface area contributed by atoms with Gasteiger partial charge in [0.25, 0.3) is 0 Å². The van der Waals surface area contributed by atoms with Crippen LogP contribution >= 0.6 is 15.9 Å². The zero-order valence-electron chi connectivity index (χ0n) is 8.32. The van der Waals surface area contributed by atoms with Crippen molar-refractivity contribution in [2.45, 2.75) is 26.3 Å². The van der Waals surface area contributed by atoms with Crippen molar-refractivity contribution in [2.24, 2.45) is 5.92 Å². The maximum atomic E-state index is 11.2. The minimum atomic E-state index is -0.154. The molecule has 0 aliphatic heterocycles. The Bertz CT molecular complexity index is 324. The number of halogens is 1. The number of alkyl halides is 1. The summed E-state index contributed by atoms with van der Waals surface area (Å²) in [5, 5.41) is 1.02. The highest BCUT2D eigenvalue weighted by molar-refractivity contribution is 9.09. The summed E-state index contributed by atoms with van der Waals surface area (Å²) in [4.78, 5) is 14.9. The van der Waals surface area contributed by atoms with Gasteiger partial charge in [-0.25, -0.2) is 9.78 Å². The van der Waals surface area contributed by atoms with Gasteiger partial charge < -0.3 is 0 Å². The normalized spacial score (nSPS) is 12.7. The molecule has 0 aromatic carbocycles. The van der Waals surface area contributed by atoms with Gasteiger partial charge >= 0.3 is 5.69 Å². The van der Waals surface area contributed by atoms with Gasteiger partial charge in [-0.05, 0) is 24.8 Å². The molecule has 0 fully saturated rings. The monoisotopic (exact) mass is 258 g/mol. The third kappa shape index (κ3) is 3.62.